The van der Waals surface area contributed by atoms with E-state index in [9.17, 15) is 14.4 Å². The van der Waals surface area contributed by atoms with Crippen LogP contribution < -0.4 is 15.0 Å². The van der Waals surface area contributed by atoms with Gasteiger partial charge in [0.05, 0.1) is 12.2 Å². The van der Waals surface area contributed by atoms with Gasteiger partial charge in [-0.1, -0.05) is 28.1 Å². The molecule has 1 N–H and O–H groups in total. The van der Waals surface area contributed by atoms with Crippen molar-refractivity contribution in [1.82, 2.24) is 4.90 Å². The van der Waals surface area contributed by atoms with Crippen molar-refractivity contribution in [1.29, 1.82) is 0 Å². The molecule has 3 amide bonds. The zero-order valence-electron chi connectivity index (χ0n) is 15.6. The number of benzene rings is 2. The van der Waals surface area contributed by atoms with Crippen molar-refractivity contribution >= 4 is 45.0 Å². The number of fused-ring (bicyclic) bond motifs is 1. The van der Waals surface area contributed by atoms with Crippen LogP contribution in [0.15, 0.2) is 46.9 Å². The van der Waals surface area contributed by atoms with E-state index in [1.54, 1.807) is 30.3 Å². The SMILES string of the molecule is Cc1cc(Br)ccc1NC(=O)CN(C)C(=O)CN1C(=O)COc2ccccc21. The molecule has 0 bridgehead atoms. The Kier molecular flexibility index (Phi) is 5.99. The van der Waals surface area contributed by atoms with Crippen LogP contribution in [0.5, 0.6) is 5.75 Å². The van der Waals surface area contributed by atoms with Gasteiger partial charge in [0.25, 0.3) is 5.91 Å². The van der Waals surface area contributed by atoms with E-state index >= 15 is 0 Å². The first-order chi connectivity index (χ1) is 13.3. The summed E-state index contributed by atoms with van der Waals surface area (Å²) in [5.74, 6) is -0.390. The molecular formula is C20H20BrN3O4. The summed E-state index contributed by atoms with van der Waals surface area (Å²) >= 11 is 3.38. The Morgan fingerprint density at radius 1 is 1.25 bits per heavy atom. The first-order valence-electron chi connectivity index (χ1n) is 8.67. The van der Waals surface area contributed by atoms with E-state index in [4.69, 9.17) is 4.74 Å². The lowest BCUT2D eigenvalue weighted by Crippen LogP contribution is -2.46. The molecule has 0 unspecified atom stereocenters. The number of nitrogens with one attached hydrogen (secondary N) is 1. The number of amides is 3. The molecule has 1 aliphatic heterocycles. The molecule has 0 aliphatic carbocycles. The summed E-state index contributed by atoms with van der Waals surface area (Å²) in [7, 11) is 1.53. The molecule has 28 heavy (non-hydrogen) atoms. The fourth-order valence-corrected chi connectivity index (χ4v) is 3.32. The number of ether oxygens (including phenoxy) is 1. The predicted molar refractivity (Wildman–Crippen MR) is 109 cm³/mol. The molecule has 146 valence electrons. The fourth-order valence-electron chi connectivity index (χ4n) is 2.84. The molecule has 8 heteroatoms. The lowest BCUT2D eigenvalue weighted by atomic mass is 10.2. The number of likely N-dealkylation sites (N-methyl/N-ethyl adjacent to an activating group) is 1. The van der Waals surface area contributed by atoms with Crippen molar-refractivity contribution in [3.05, 3.63) is 52.5 Å². The zero-order valence-corrected chi connectivity index (χ0v) is 17.2. The highest BCUT2D eigenvalue weighted by Gasteiger charge is 2.28. The second-order valence-electron chi connectivity index (χ2n) is 6.49. The first kappa shape index (κ1) is 19.9. The van der Waals surface area contributed by atoms with Crippen molar-refractivity contribution in [2.75, 3.05) is 37.0 Å². The second kappa shape index (κ2) is 8.43. The average Bonchev–Trinajstić information content (AvgIpc) is 2.66. The highest BCUT2D eigenvalue weighted by Crippen LogP contribution is 2.31. The van der Waals surface area contributed by atoms with Gasteiger partial charge >= 0.3 is 0 Å². The van der Waals surface area contributed by atoms with E-state index in [-0.39, 0.29) is 37.4 Å². The minimum atomic E-state index is -0.340. The Morgan fingerprint density at radius 3 is 2.75 bits per heavy atom. The van der Waals surface area contributed by atoms with Crippen molar-refractivity contribution in [3.8, 4) is 5.75 Å². The minimum Gasteiger partial charge on any atom is -0.482 e. The highest BCUT2D eigenvalue weighted by molar-refractivity contribution is 9.10. The summed E-state index contributed by atoms with van der Waals surface area (Å²) in [5, 5.41) is 2.80. The van der Waals surface area contributed by atoms with Crippen LogP contribution in [0.3, 0.4) is 0 Å². The number of halogens is 1. The van der Waals surface area contributed by atoms with Crippen LogP contribution in [0.4, 0.5) is 11.4 Å². The maximum Gasteiger partial charge on any atom is 0.265 e. The predicted octanol–water partition coefficient (Wildman–Crippen LogP) is 2.58. The van der Waals surface area contributed by atoms with Crippen LogP contribution in [-0.4, -0.2) is 49.4 Å². The third-order valence-corrected chi connectivity index (χ3v) is 4.86. The molecule has 0 saturated carbocycles. The summed E-state index contributed by atoms with van der Waals surface area (Å²) in [4.78, 5) is 39.7. The number of para-hydroxylation sites is 2. The molecule has 3 rings (SSSR count). The second-order valence-corrected chi connectivity index (χ2v) is 7.41. The van der Waals surface area contributed by atoms with Crippen molar-refractivity contribution in [3.63, 3.8) is 0 Å². The Morgan fingerprint density at radius 2 is 2.00 bits per heavy atom. The van der Waals surface area contributed by atoms with Gasteiger partial charge in [0.15, 0.2) is 6.61 Å². The molecule has 1 aliphatic rings. The Labute approximate surface area is 171 Å². The van der Waals surface area contributed by atoms with Crippen LogP contribution in [0.1, 0.15) is 5.56 Å². The summed E-state index contributed by atoms with van der Waals surface area (Å²) in [5.41, 5.74) is 2.15. The highest BCUT2D eigenvalue weighted by atomic mass is 79.9. The lowest BCUT2D eigenvalue weighted by molar-refractivity contribution is -0.133. The Hall–Kier alpha value is -2.87. The number of hydrogen-bond acceptors (Lipinski definition) is 4. The van der Waals surface area contributed by atoms with Crippen molar-refractivity contribution < 1.29 is 19.1 Å². The van der Waals surface area contributed by atoms with Gasteiger partial charge < -0.3 is 15.0 Å². The summed E-state index contributed by atoms with van der Waals surface area (Å²) in [6.45, 7) is 1.50. The standard InChI is InChI=1S/C20H20BrN3O4/c1-13-9-14(21)7-8-15(13)22-18(25)10-23(2)19(26)11-24-16-5-3-4-6-17(16)28-12-20(24)27/h3-9H,10-12H2,1-2H3,(H,22,25). The quantitative estimate of drug-likeness (QED) is 0.766. The maximum atomic E-state index is 12.6. The molecule has 0 radical (unpaired) electrons. The number of anilines is 2. The van der Waals surface area contributed by atoms with Gasteiger partial charge in [-0.25, -0.2) is 0 Å². The Balaban J connectivity index is 1.62. The number of aryl methyl sites for hydroxylation is 1. The molecule has 7 nitrogen and oxygen atoms in total. The van der Waals surface area contributed by atoms with E-state index in [0.717, 1.165) is 10.0 Å². The van der Waals surface area contributed by atoms with E-state index in [1.165, 1.54) is 16.8 Å². The third kappa shape index (κ3) is 4.51. The van der Waals surface area contributed by atoms with Gasteiger partial charge in [0, 0.05) is 17.2 Å². The number of carbonyl (C=O) groups excluding carboxylic acids is 3. The molecule has 1 heterocycles. The molecule has 0 atom stereocenters. The zero-order chi connectivity index (χ0) is 20.3. The van der Waals surface area contributed by atoms with Gasteiger partial charge in [0.1, 0.15) is 12.3 Å². The van der Waals surface area contributed by atoms with Gasteiger partial charge in [-0.05, 0) is 42.8 Å². The van der Waals surface area contributed by atoms with E-state index in [2.05, 4.69) is 21.2 Å². The van der Waals surface area contributed by atoms with Crippen LogP contribution in [0.2, 0.25) is 0 Å². The van der Waals surface area contributed by atoms with Crippen LogP contribution in [0, 0.1) is 6.92 Å². The van der Waals surface area contributed by atoms with Gasteiger partial charge in [0.2, 0.25) is 11.8 Å². The monoisotopic (exact) mass is 445 g/mol. The minimum absolute atomic E-state index is 0.114. The normalized spacial score (nSPS) is 12.8. The molecule has 2 aromatic carbocycles. The van der Waals surface area contributed by atoms with Crippen LogP contribution >= 0.6 is 15.9 Å². The number of carbonyl (C=O) groups is 3. The van der Waals surface area contributed by atoms with Crippen molar-refractivity contribution in [2.45, 2.75) is 6.92 Å². The molecule has 0 spiro atoms. The van der Waals surface area contributed by atoms with E-state index < -0.39 is 0 Å². The van der Waals surface area contributed by atoms with Gasteiger partial charge in [-0.3, -0.25) is 19.3 Å². The summed E-state index contributed by atoms with van der Waals surface area (Å²) < 4.78 is 6.30. The number of nitrogens with zero attached hydrogens (tertiary/aromatic N) is 2. The summed E-state index contributed by atoms with van der Waals surface area (Å²) in [6.07, 6.45) is 0. The van der Waals surface area contributed by atoms with Gasteiger partial charge in [-0.2, -0.15) is 0 Å². The average molecular weight is 446 g/mol. The van der Waals surface area contributed by atoms with Crippen LogP contribution in [0.25, 0.3) is 0 Å². The van der Waals surface area contributed by atoms with Crippen LogP contribution in [-0.2, 0) is 14.4 Å². The molecule has 0 aromatic heterocycles. The number of rotatable bonds is 5. The van der Waals surface area contributed by atoms with E-state index in [0.29, 0.717) is 17.1 Å². The smallest absolute Gasteiger partial charge is 0.265 e. The van der Waals surface area contributed by atoms with Gasteiger partial charge in [-0.15, -0.1) is 0 Å². The maximum absolute atomic E-state index is 12.6. The molecular weight excluding hydrogens is 426 g/mol. The molecule has 0 saturated heterocycles. The number of hydrogen-bond donors (Lipinski definition) is 1. The summed E-state index contributed by atoms with van der Waals surface area (Å²) in [6, 6.07) is 12.6. The molecule has 0 fully saturated rings. The third-order valence-electron chi connectivity index (χ3n) is 4.37. The fraction of sp³-hybridized carbons (Fsp3) is 0.250. The molecule has 2 aromatic rings. The largest absolute Gasteiger partial charge is 0.482 e. The topological polar surface area (TPSA) is 79.0 Å². The van der Waals surface area contributed by atoms with Crippen molar-refractivity contribution in [2.24, 2.45) is 0 Å². The Bertz CT molecular complexity index is 931. The van der Waals surface area contributed by atoms with E-state index in [1.807, 2.05) is 19.1 Å². The lowest BCUT2D eigenvalue weighted by Gasteiger charge is -2.30. The first-order valence-corrected chi connectivity index (χ1v) is 9.46.